The van der Waals surface area contributed by atoms with Crippen molar-refractivity contribution < 1.29 is 13.5 Å². The molecule has 19 heavy (non-hydrogen) atoms. The van der Waals surface area contributed by atoms with Gasteiger partial charge < -0.3 is 10.5 Å². The van der Waals surface area contributed by atoms with E-state index in [0.717, 1.165) is 0 Å². The molecule has 0 heterocycles. The van der Waals surface area contributed by atoms with Gasteiger partial charge in [0.15, 0.2) is 11.6 Å². The maximum atomic E-state index is 13.6. The highest BCUT2D eigenvalue weighted by molar-refractivity contribution is 6.30. The van der Waals surface area contributed by atoms with Crippen molar-refractivity contribution in [2.45, 2.75) is 13.2 Å². The van der Waals surface area contributed by atoms with Crippen molar-refractivity contribution in [3.8, 4) is 5.75 Å². The van der Waals surface area contributed by atoms with Crippen LogP contribution >= 0.6 is 11.6 Å². The molecule has 0 saturated heterocycles. The van der Waals surface area contributed by atoms with E-state index in [0.29, 0.717) is 5.56 Å². The number of halogens is 3. The molecule has 0 aliphatic rings. The van der Waals surface area contributed by atoms with E-state index in [9.17, 15) is 8.78 Å². The lowest BCUT2D eigenvalue weighted by molar-refractivity contribution is 0.284. The van der Waals surface area contributed by atoms with Gasteiger partial charge in [0.1, 0.15) is 12.4 Å². The summed E-state index contributed by atoms with van der Waals surface area (Å²) in [4.78, 5) is 0. The average Bonchev–Trinajstić information content (AvgIpc) is 2.41. The predicted molar refractivity (Wildman–Crippen MR) is 70.0 cm³/mol. The molecule has 2 N–H and O–H groups in total. The summed E-state index contributed by atoms with van der Waals surface area (Å²) in [6.45, 7) is 0.158. The smallest absolute Gasteiger partial charge is 0.165 e. The molecule has 0 atom stereocenters. The van der Waals surface area contributed by atoms with Crippen molar-refractivity contribution >= 4 is 11.6 Å². The van der Waals surface area contributed by atoms with Gasteiger partial charge in [-0.1, -0.05) is 29.8 Å². The minimum atomic E-state index is -0.553. The second-order valence-corrected chi connectivity index (χ2v) is 4.38. The molecule has 0 amide bonds. The third kappa shape index (κ3) is 3.22. The Hall–Kier alpha value is -1.65. The third-order valence-corrected chi connectivity index (χ3v) is 2.94. The fourth-order valence-electron chi connectivity index (χ4n) is 1.60. The SMILES string of the molecule is NCc1ccc(OCc2cccc(Cl)c2F)c(F)c1. The van der Waals surface area contributed by atoms with E-state index >= 15 is 0 Å². The molecule has 0 spiro atoms. The Labute approximate surface area is 114 Å². The van der Waals surface area contributed by atoms with Crippen LogP contribution in [-0.4, -0.2) is 0 Å². The van der Waals surface area contributed by atoms with E-state index in [4.69, 9.17) is 22.1 Å². The van der Waals surface area contributed by atoms with Gasteiger partial charge in [0, 0.05) is 12.1 Å². The summed E-state index contributed by atoms with van der Waals surface area (Å²) in [5.41, 5.74) is 6.34. The highest BCUT2D eigenvalue weighted by Gasteiger charge is 2.09. The lowest BCUT2D eigenvalue weighted by Crippen LogP contribution is -2.02. The van der Waals surface area contributed by atoms with Gasteiger partial charge in [-0.05, 0) is 23.8 Å². The van der Waals surface area contributed by atoms with E-state index in [1.165, 1.54) is 24.3 Å². The number of ether oxygens (including phenoxy) is 1. The zero-order chi connectivity index (χ0) is 13.8. The second-order valence-electron chi connectivity index (χ2n) is 3.97. The number of hydrogen-bond acceptors (Lipinski definition) is 2. The van der Waals surface area contributed by atoms with Crippen molar-refractivity contribution in [2.24, 2.45) is 5.73 Å². The van der Waals surface area contributed by atoms with Gasteiger partial charge in [0.25, 0.3) is 0 Å². The Balaban J connectivity index is 2.12. The second kappa shape index (κ2) is 5.99. The summed E-state index contributed by atoms with van der Waals surface area (Å²) in [7, 11) is 0. The minimum Gasteiger partial charge on any atom is -0.486 e. The first-order chi connectivity index (χ1) is 9.11. The first-order valence-corrected chi connectivity index (χ1v) is 6.04. The standard InChI is InChI=1S/C14H12ClF2NO/c15-11-3-1-2-10(14(11)17)8-19-13-5-4-9(7-18)6-12(13)16/h1-6H,7-8,18H2. The van der Waals surface area contributed by atoms with Gasteiger partial charge in [-0.2, -0.15) is 0 Å². The molecule has 0 bridgehead atoms. The molecule has 2 rings (SSSR count). The van der Waals surface area contributed by atoms with Gasteiger partial charge in [-0.3, -0.25) is 0 Å². The first kappa shape index (κ1) is 13.8. The Bertz CT molecular complexity index is 590. The maximum Gasteiger partial charge on any atom is 0.165 e. The van der Waals surface area contributed by atoms with Crippen molar-refractivity contribution in [2.75, 3.05) is 0 Å². The van der Waals surface area contributed by atoms with Gasteiger partial charge in [0.2, 0.25) is 0 Å². The molecule has 0 aliphatic carbocycles. The lowest BCUT2D eigenvalue weighted by Gasteiger charge is -2.09. The van der Waals surface area contributed by atoms with Gasteiger partial charge in [-0.15, -0.1) is 0 Å². The lowest BCUT2D eigenvalue weighted by atomic mass is 10.2. The summed E-state index contributed by atoms with van der Waals surface area (Å²) in [5.74, 6) is -1.02. The van der Waals surface area contributed by atoms with Crippen molar-refractivity contribution in [1.29, 1.82) is 0 Å². The van der Waals surface area contributed by atoms with Gasteiger partial charge in [-0.25, -0.2) is 8.78 Å². The van der Waals surface area contributed by atoms with E-state index in [1.807, 2.05) is 0 Å². The summed E-state index contributed by atoms with van der Waals surface area (Å²) in [6, 6.07) is 9.01. The molecule has 5 heteroatoms. The Morgan fingerprint density at radius 3 is 2.63 bits per heavy atom. The number of hydrogen-bond donors (Lipinski definition) is 1. The zero-order valence-corrected chi connectivity index (χ0v) is 10.8. The van der Waals surface area contributed by atoms with Crippen LogP contribution < -0.4 is 10.5 Å². The summed E-state index contributed by atoms with van der Waals surface area (Å²) < 4.78 is 32.5. The molecule has 100 valence electrons. The Morgan fingerprint density at radius 2 is 1.95 bits per heavy atom. The Kier molecular flexibility index (Phi) is 4.35. The van der Waals surface area contributed by atoms with Crippen LogP contribution in [0, 0.1) is 11.6 Å². The Morgan fingerprint density at radius 1 is 1.16 bits per heavy atom. The van der Waals surface area contributed by atoms with Crippen LogP contribution in [0.4, 0.5) is 8.78 Å². The van der Waals surface area contributed by atoms with Gasteiger partial charge in [0.05, 0.1) is 5.02 Å². The average molecular weight is 284 g/mol. The topological polar surface area (TPSA) is 35.2 Å². The largest absolute Gasteiger partial charge is 0.486 e. The summed E-state index contributed by atoms with van der Waals surface area (Å²) in [6.07, 6.45) is 0. The van der Waals surface area contributed by atoms with Crippen molar-refractivity contribution in [3.05, 3.63) is 64.2 Å². The predicted octanol–water partition coefficient (Wildman–Crippen LogP) is 3.66. The highest BCUT2D eigenvalue weighted by Crippen LogP contribution is 2.22. The molecule has 2 nitrogen and oxygen atoms in total. The van der Waals surface area contributed by atoms with Crippen molar-refractivity contribution in [3.63, 3.8) is 0 Å². The van der Waals surface area contributed by atoms with E-state index < -0.39 is 11.6 Å². The van der Waals surface area contributed by atoms with Crippen LogP contribution in [0.3, 0.4) is 0 Å². The zero-order valence-electron chi connectivity index (χ0n) is 10.00. The van der Waals surface area contributed by atoms with E-state index in [2.05, 4.69) is 0 Å². The molecular weight excluding hydrogens is 272 g/mol. The molecule has 0 unspecified atom stereocenters. The number of nitrogens with two attached hydrogens (primary N) is 1. The van der Waals surface area contributed by atoms with Crippen LogP contribution in [0.15, 0.2) is 36.4 Å². The van der Waals surface area contributed by atoms with Crippen molar-refractivity contribution in [1.82, 2.24) is 0 Å². The molecule has 2 aromatic rings. The van der Waals surface area contributed by atoms with E-state index in [1.54, 1.807) is 12.1 Å². The van der Waals surface area contributed by atoms with Crippen LogP contribution in [0.5, 0.6) is 5.75 Å². The molecule has 0 aromatic heterocycles. The molecule has 0 radical (unpaired) electrons. The first-order valence-electron chi connectivity index (χ1n) is 5.66. The highest BCUT2D eigenvalue weighted by atomic mass is 35.5. The van der Waals surface area contributed by atoms with Crippen LogP contribution in [0.1, 0.15) is 11.1 Å². The molecule has 2 aromatic carbocycles. The maximum absolute atomic E-state index is 13.6. The number of rotatable bonds is 4. The summed E-state index contributed by atoms with van der Waals surface area (Å²) in [5, 5.41) is 0.0139. The molecular formula is C14H12ClF2NO. The normalized spacial score (nSPS) is 10.5. The third-order valence-electron chi connectivity index (χ3n) is 2.65. The van der Waals surface area contributed by atoms with Crippen LogP contribution in [0.25, 0.3) is 0 Å². The fourth-order valence-corrected chi connectivity index (χ4v) is 1.80. The summed E-state index contributed by atoms with van der Waals surface area (Å²) >= 11 is 5.65. The fraction of sp³-hybridized carbons (Fsp3) is 0.143. The van der Waals surface area contributed by atoms with Crippen LogP contribution in [0.2, 0.25) is 5.02 Å². The van der Waals surface area contributed by atoms with Gasteiger partial charge >= 0.3 is 0 Å². The molecule has 0 saturated carbocycles. The monoisotopic (exact) mass is 283 g/mol. The molecule has 0 fully saturated rings. The van der Waals surface area contributed by atoms with E-state index in [-0.39, 0.29) is 29.5 Å². The molecule has 0 aliphatic heterocycles. The number of benzene rings is 2. The minimum absolute atomic E-state index is 0.0139. The van der Waals surface area contributed by atoms with Crippen LogP contribution in [-0.2, 0) is 13.2 Å². The quantitative estimate of drug-likeness (QED) is 0.929.